The zero-order valence-electron chi connectivity index (χ0n) is 10.5. The van der Waals surface area contributed by atoms with E-state index in [1.807, 2.05) is 30.3 Å². The number of nitrogens with two attached hydrogens (primary N) is 1. The predicted octanol–water partition coefficient (Wildman–Crippen LogP) is 0.982. The van der Waals surface area contributed by atoms with Crippen molar-refractivity contribution in [1.29, 1.82) is 0 Å². The van der Waals surface area contributed by atoms with Crippen LogP contribution in [0.2, 0.25) is 0 Å². The molecule has 0 spiro atoms. The van der Waals surface area contributed by atoms with Crippen LogP contribution in [0.3, 0.4) is 0 Å². The molecule has 1 saturated heterocycles. The van der Waals surface area contributed by atoms with Crippen molar-refractivity contribution in [3.8, 4) is 0 Å². The third-order valence-electron chi connectivity index (χ3n) is 3.31. The minimum Gasteiger partial charge on any atom is -0.327 e. The molecule has 1 aromatic carbocycles. The first kappa shape index (κ1) is 13.5. The molecule has 0 aliphatic carbocycles. The monoisotopic (exact) mass is 268 g/mol. The van der Waals surface area contributed by atoms with Crippen molar-refractivity contribution in [1.82, 2.24) is 4.31 Å². The number of sulfonamides is 1. The van der Waals surface area contributed by atoms with Crippen molar-refractivity contribution in [2.45, 2.75) is 25.3 Å². The smallest absolute Gasteiger partial charge is 0.214 e. The third-order valence-corrected chi connectivity index (χ3v) is 5.14. The first-order valence-corrected chi connectivity index (χ1v) is 7.96. The fraction of sp³-hybridized carbons (Fsp3) is 0.538. The summed E-state index contributed by atoms with van der Waals surface area (Å²) in [5.41, 5.74) is 6.88. The van der Waals surface area contributed by atoms with Crippen molar-refractivity contribution < 1.29 is 8.42 Å². The minimum absolute atomic E-state index is 0.00903. The van der Waals surface area contributed by atoms with Crippen LogP contribution in [0.1, 0.15) is 18.4 Å². The van der Waals surface area contributed by atoms with E-state index >= 15 is 0 Å². The second kappa shape index (κ2) is 5.82. The second-order valence-corrected chi connectivity index (χ2v) is 6.90. The molecule has 1 heterocycles. The lowest BCUT2D eigenvalue weighted by Gasteiger charge is -2.29. The molecule has 2 N–H and O–H groups in total. The molecule has 1 atom stereocenters. The molecule has 5 heteroatoms. The SMILES string of the molecule is N[C@@H]1CCCN(S(=O)(=O)CCc2ccccc2)C1. The molecule has 0 amide bonds. The van der Waals surface area contributed by atoms with Gasteiger partial charge in [0, 0.05) is 19.1 Å². The van der Waals surface area contributed by atoms with Crippen LogP contribution in [0.4, 0.5) is 0 Å². The van der Waals surface area contributed by atoms with Crippen LogP contribution in [-0.2, 0) is 16.4 Å². The van der Waals surface area contributed by atoms with Gasteiger partial charge in [-0.15, -0.1) is 0 Å². The van der Waals surface area contributed by atoms with Gasteiger partial charge in [-0.3, -0.25) is 0 Å². The first-order valence-electron chi connectivity index (χ1n) is 6.35. The lowest BCUT2D eigenvalue weighted by molar-refractivity contribution is 0.316. The number of benzene rings is 1. The zero-order chi connectivity index (χ0) is 13.0. The average Bonchev–Trinajstić information content (AvgIpc) is 2.38. The predicted molar refractivity (Wildman–Crippen MR) is 72.7 cm³/mol. The van der Waals surface area contributed by atoms with E-state index in [0.29, 0.717) is 19.5 Å². The molecule has 18 heavy (non-hydrogen) atoms. The molecule has 1 aliphatic heterocycles. The molecule has 100 valence electrons. The molecule has 0 unspecified atom stereocenters. The van der Waals surface area contributed by atoms with Crippen LogP contribution in [0.15, 0.2) is 30.3 Å². The van der Waals surface area contributed by atoms with Crippen LogP contribution < -0.4 is 5.73 Å². The maximum absolute atomic E-state index is 12.2. The fourth-order valence-corrected chi connectivity index (χ4v) is 3.82. The number of piperidine rings is 1. The largest absolute Gasteiger partial charge is 0.327 e. The van der Waals surface area contributed by atoms with Crippen LogP contribution >= 0.6 is 0 Å². The van der Waals surface area contributed by atoms with Gasteiger partial charge in [0.1, 0.15) is 0 Å². The molecule has 1 aromatic rings. The Bertz CT molecular complexity index is 473. The highest BCUT2D eigenvalue weighted by atomic mass is 32.2. The maximum atomic E-state index is 12.2. The van der Waals surface area contributed by atoms with Gasteiger partial charge in [0.15, 0.2) is 0 Å². The minimum atomic E-state index is -3.16. The third kappa shape index (κ3) is 3.54. The van der Waals surface area contributed by atoms with Gasteiger partial charge in [-0.1, -0.05) is 30.3 Å². The van der Waals surface area contributed by atoms with Gasteiger partial charge in [-0.2, -0.15) is 0 Å². The molecule has 1 aliphatic rings. The van der Waals surface area contributed by atoms with Crippen LogP contribution in [0.5, 0.6) is 0 Å². The highest BCUT2D eigenvalue weighted by molar-refractivity contribution is 7.89. The molecular weight excluding hydrogens is 248 g/mol. The summed E-state index contributed by atoms with van der Waals surface area (Å²) in [5, 5.41) is 0. The summed E-state index contributed by atoms with van der Waals surface area (Å²) in [5.74, 6) is 0.170. The molecule has 0 radical (unpaired) electrons. The summed E-state index contributed by atoms with van der Waals surface area (Å²) in [6.07, 6.45) is 2.35. The number of hydrogen-bond donors (Lipinski definition) is 1. The van der Waals surface area contributed by atoms with Crippen LogP contribution in [-0.4, -0.2) is 37.6 Å². The molecule has 0 saturated carbocycles. The maximum Gasteiger partial charge on any atom is 0.214 e. The van der Waals surface area contributed by atoms with E-state index in [2.05, 4.69) is 0 Å². The number of hydrogen-bond acceptors (Lipinski definition) is 3. The summed E-state index contributed by atoms with van der Waals surface area (Å²) in [6.45, 7) is 1.09. The summed E-state index contributed by atoms with van der Waals surface area (Å²) >= 11 is 0. The van der Waals surface area contributed by atoms with Gasteiger partial charge in [-0.25, -0.2) is 12.7 Å². The van der Waals surface area contributed by atoms with Gasteiger partial charge in [0.25, 0.3) is 0 Å². The van der Waals surface area contributed by atoms with Crippen LogP contribution in [0.25, 0.3) is 0 Å². The Kier molecular flexibility index (Phi) is 4.37. The second-order valence-electron chi connectivity index (χ2n) is 4.81. The molecule has 2 rings (SSSR count). The Hall–Kier alpha value is -0.910. The lowest BCUT2D eigenvalue weighted by Crippen LogP contribution is -2.46. The van der Waals surface area contributed by atoms with E-state index in [9.17, 15) is 8.42 Å². The van der Waals surface area contributed by atoms with Crippen LogP contribution in [0, 0.1) is 0 Å². The van der Waals surface area contributed by atoms with Gasteiger partial charge in [0.2, 0.25) is 10.0 Å². The van der Waals surface area contributed by atoms with Gasteiger partial charge in [-0.05, 0) is 24.8 Å². The Morgan fingerprint density at radius 1 is 1.28 bits per heavy atom. The van der Waals surface area contributed by atoms with Gasteiger partial charge >= 0.3 is 0 Å². The topological polar surface area (TPSA) is 63.4 Å². The highest BCUT2D eigenvalue weighted by Crippen LogP contribution is 2.14. The van der Waals surface area contributed by atoms with Crippen molar-refractivity contribution in [2.24, 2.45) is 5.73 Å². The summed E-state index contributed by atoms with van der Waals surface area (Å²) in [6, 6.07) is 9.69. The Labute approximate surface area is 109 Å². The highest BCUT2D eigenvalue weighted by Gasteiger charge is 2.26. The number of rotatable bonds is 4. The van der Waals surface area contributed by atoms with Crippen molar-refractivity contribution in [3.63, 3.8) is 0 Å². The van der Waals surface area contributed by atoms with Gasteiger partial charge in [0.05, 0.1) is 5.75 Å². The summed E-state index contributed by atoms with van der Waals surface area (Å²) < 4.78 is 25.9. The number of nitrogens with zero attached hydrogens (tertiary/aromatic N) is 1. The molecule has 4 nitrogen and oxygen atoms in total. The molecule has 1 fully saturated rings. The van der Waals surface area contributed by atoms with Crippen molar-refractivity contribution >= 4 is 10.0 Å². The van der Waals surface area contributed by atoms with Gasteiger partial charge < -0.3 is 5.73 Å². The molecular formula is C13H20N2O2S. The Morgan fingerprint density at radius 3 is 2.67 bits per heavy atom. The zero-order valence-corrected chi connectivity index (χ0v) is 11.3. The van der Waals surface area contributed by atoms with E-state index in [0.717, 1.165) is 18.4 Å². The Balaban J connectivity index is 1.95. The fourth-order valence-electron chi connectivity index (χ4n) is 2.25. The van der Waals surface area contributed by atoms with E-state index in [1.54, 1.807) is 4.31 Å². The quantitative estimate of drug-likeness (QED) is 0.885. The standard InChI is InChI=1S/C13H20N2O2S/c14-13-7-4-9-15(11-13)18(16,17)10-8-12-5-2-1-3-6-12/h1-3,5-6,13H,4,7-11,14H2/t13-/m1/s1. The van der Waals surface area contributed by atoms with E-state index < -0.39 is 10.0 Å². The first-order chi connectivity index (χ1) is 8.58. The summed E-state index contributed by atoms with van der Waals surface area (Å²) in [7, 11) is -3.16. The van der Waals surface area contributed by atoms with E-state index in [4.69, 9.17) is 5.73 Å². The Morgan fingerprint density at radius 2 is 2.00 bits per heavy atom. The number of aryl methyl sites for hydroxylation is 1. The van der Waals surface area contributed by atoms with Crippen molar-refractivity contribution in [2.75, 3.05) is 18.8 Å². The molecule has 0 aromatic heterocycles. The normalized spacial score (nSPS) is 21.9. The average molecular weight is 268 g/mol. The lowest BCUT2D eigenvalue weighted by atomic mass is 10.1. The van der Waals surface area contributed by atoms with E-state index in [1.165, 1.54) is 0 Å². The summed E-state index contributed by atoms with van der Waals surface area (Å²) in [4.78, 5) is 0. The van der Waals surface area contributed by atoms with Crippen molar-refractivity contribution in [3.05, 3.63) is 35.9 Å². The van der Waals surface area contributed by atoms with E-state index in [-0.39, 0.29) is 11.8 Å². The molecule has 0 bridgehead atoms.